The van der Waals surface area contributed by atoms with E-state index in [0.717, 1.165) is 23.7 Å². The van der Waals surface area contributed by atoms with E-state index in [1.54, 1.807) is 11.3 Å². The second kappa shape index (κ2) is 7.26. The minimum absolute atomic E-state index is 0.355. The first kappa shape index (κ1) is 15.6. The van der Waals surface area contributed by atoms with Crippen LogP contribution in [0.25, 0.3) is 0 Å². The number of rotatable bonds is 6. The van der Waals surface area contributed by atoms with Crippen molar-refractivity contribution in [3.05, 3.63) is 56.2 Å². The Hall–Kier alpha value is -0.830. The third-order valence-corrected chi connectivity index (χ3v) is 4.64. The first-order valence-corrected chi connectivity index (χ1v) is 8.33. The average Bonchev–Trinajstić information content (AvgIpc) is 2.80. The zero-order valence-corrected chi connectivity index (χ0v) is 13.9. The maximum Gasteiger partial charge on any atom is 0.0931 e. The average molecular weight is 308 g/mol. The van der Waals surface area contributed by atoms with Crippen molar-refractivity contribution in [1.29, 1.82) is 0 Å². The smallest absolute Gasteiger partial charge is 0.0931 e. The van der Waals surface area contributed by atoms with Gasteiger partial charge in [0.25, 0.3) is 0 Å². The number of hydrogen-bond donors (Lipinski definition) is 1. The van der Waals surface area contributed by atoms with Gasteiger partial charge in [-0.15, -0.1) is 11.3 Å². The second-order valence-electron chi connectivity index (χ2n) is 5.35. The van der Waals surface area contributed by atoms with Crippen LogP contribution < -0.4 is 5.32 Å². The van der Waals surface area contributed by atoms with Crippen molar-refractivity contribution in [2.24, 2.45) is 0 Å². The van der Waals surface area contributed by atoms with Crippen LogP contribution in [0.2, 0.25) is 4.34 Å². The number of nitrogens with one attached hydrogen (secondary N) is 1. The Balaban J connectivity index is 2.18. The Kier molecular flexibility index (Phi) is 5.64. The van der Waals surface area contributed by atoms with E-state index in [4.69, 9.17) is 11.6 Å². The van der Waals surface area contributed by atoms with Gasteiger partial charge in [0.2, 0.25) is 0 Å². The minimum Gasteiger partial charge on any atom is -0.309 e. The van der Waals surface area contributed by atoms with Gasteiger partial charge in [-0.25, -0.2) is 0 Å². The Morgan fingerprint density at radius 1 is 1.15 bits per heavy atom. The molecular formula is C17H22ClNS. The summed E-state index contributed by atoms with van der Waals surface area (Å²) in [7, 11) is 0. The lowest BCUT2D eigenvalue weighted by Gasteiger charge is -2.18. The number of aryl methyl sites for hydroxylation is 2. The van der Waals surface area contributed by atoms with Gasteiger partial charge in [0.05, 0.1) is 4.34 Å². The summed E-state index contributed by atoms with van der Waals surface area (Å²) < 4.78 is 0.865. The Labute approximate surface area is 131 Å². The molecule has 1 heterocycles. The summed E-state index contributed by atoms with van der Waals surface area (Å²) in [5.41, 5.74) is 4.05. The molecule has 2 aromatic rings. The van der Waals surface area contributed by atoms with Crippen LogP contribution >= 0.6 is 22.9 Å². The van der Waals surface area contributed by atoms with Crippen LogP contribution in [0.3, 0.4) is 0 Å². The van der Waals surface area contributed by atoms with E-state index >= 15 is 0 Å². The summed E-state index contributed by atoms with van der Waals surface area (Å²) in [6.07, 6.45) is 2.15. The normalized spacial score (nSPS) is 12.6. The van der Waals surface area contributed by atoms with E-state index < -0.39 is 0 Å². The molecule has 1 atom stereocenters. The molecule has 1 N–H and O–H groups in total. The predicted molar refractivity (Wildman–Crippen MR) is 90.0 cm³/mol. The molecule has 0 saturated heterocycles. The topological polar surface area (TPSA) is 12.0 Å². The number of hydrogen-bond acceptors (Lipinski definition) is 2. The van der Waals surface area contributed by atoms with Crippen LogP contribution in [-0.2, 0) is 6.42 Å². The van der Waals surface area contributed by atoms with E-state index in [9.17, 15) is 0 Å². The van der Waals surface area contributed by atoms with Crippen molar-refractivity contribution in [3.8, 4) is 0 Å². The molecule has 0 bridgehead atoms. The molecule has 1 unspecified atom stereocenters. The van der Waals surface area contributed by atoms with Gasteiger partial charge in [0, 0.05) is 10.9 Å². The SMILES string of the molecule is CCCNC(Cc1cc(C)cc(C)c1)c1ccc(Cl)s1. The van der Waals surface area contributed by atoms with Gasteiger partial charge >= 0.3 is 0 Å². The monoisotopic (exact) mass is 307 g/mol. The van der Waals surface area contributed by atoms with E-state index in [2.05, 4.69) is 50.4 Å². The van der Waals surface area contributed by atoms with Crippen LogP contribution in [0.15, 0.2) is 30.3 Å². The Morgan fingerprint density at radius 3 is 2.40 bits per heavy atom. The highest BCUT2D eigenvalue weighted by Crippen LogP contribution is 2.29. The molecule has 1 aromatic heterocycles. The molecule has 0 fully saturated rings. The molecule has 20 heavy (non-hydrogen) atoms. The molecule has 2 rings (SSSR count). The van der Waals surface area contributed by atoms with Crippen LogP contribution in [0.4, 0.5) is 0 Å². The number of halogens is 1. The maximum atomic E-state index is 6.08. The lowest BCUT2D eigenvalue weighted by atomic mass is 10.0. The highest BCUT2D eigenvalue weighted by molar-refractivity contribution is 7.16. The van der Waals surface area contributed by atoms with Crippen LogP contribution in [0.5, 0.6) is 0 Å². The fourth-order valence-corrected chi connectivity index (χ4v) is 3.67. The summed E-state index contributed by atoms with van der Waals surface area (Å²) in [5, 5.41) is 3.64. The molecule has 1 nitrogen and oxygen atoms in total. The predicted octanol–water partition coefficient (Wildman–Crippen LogP) is 5.30. The molecule has 3 heteroatoms. The quantitative estimate of drug-likeness (QED) is 0.763. The largest absolute Gasteiger partial charge is 0.309 e. The van der Waals surface area contributed by atoms with Crippen LogP contribution in [0, 0.1) is 13.8 Å². The molecule has 0 aliphatic rings. The fraction of sp³-hybridized carbons (Fsp3) is 0.412. The van der Waals surface area contributed by atoms with Gasteiger partial charge in [-0.2, -0.15) is 0 Å². The van der Waals surface area contributed by atoms with Gasteiger partial charge in [0.15, 0.2) is 0 Å². The van der Waals surface area contributed by atoms with Crippen molar-refractivity contribution in [2.75, 3.05) is 6.54 Å². The Morgan fingerprint density at radius 2 is 1.85 bits per heavy atom. The first-order chi connectivity index (χ1) is 9.58. The van der Waals surface area contributed by atoms with Crippen molar-refractivity contribution in [1.82, 2.24) is 5.32 Å². The number of thiophene rings is 1. The molecule has 0 amide bonds. The molecule has 108 valence electrons. The maximum absolute atomic E-state index is 6.08. The molecule has 0 radical (unpaired) electrons. The third-order valence-electron chi connectivity index (χ3n) is 3.30. The third kappa shape index (κ3) is 4.34. The zero-order chi connectivity index (χ0) is 14.5. The second-order valence-corrected chi connectivity index (χ2v) is 7.10. The summed E-state index contributed by atoms with van der Waals surface area (Å²) in [6.45, 7) is 7.55. The van der Waals surface area contributed by atoms with Gasteiger partial charge in [-0.3, -0.25) is 0 Å². The molecule has 0 saturated carbocycles. The van der Waals surface area contributed by atoms with Gasteiger partial charge in [0.1, 0.15) is 0 Å². The summed E-state index contributed by atoms with van der Waals surface area (Å²) in [6, 6.07) is 11.3. The zero-order valence-electron chi connectivity index (χ0n) is 12.4. The van der Waals surface area contributed by atoms with E-state index in [1.165, 1.54) is 21.6 Å². The lowest BCUT2D eigenvalue weighted by Crippen LogP contribution is -2.23. The van der Waals surface area contributed by atoms with Crippen LogP contribution in [-0.4, -0.2) is 6.54 Å². The molecular weight excluding hydrogens is 286 g/mol. The van der Waals surface area contributed by atoms with Gasteiger partial charge in [-0.1, -0.05) is 47.9 Å². The number of benzene rings is 1. The van der Waals surface area contributed by atoms with Gasteiger partial charge in [-0.05, 0) is 50.9 Å². The molecule has 0 spiro atoms. The van der Waals surface area contributed by atoms with Crippen molar-refractivity contribution < 1.29 is 0 Å². The summed E-state index contributed by atoms with van der Waals surface area (Å²) in [4.78, 5) is 1.32. The molecule has 1 aromatic carbocycles. The van der Waals surface area contributed by atoms with E-state index in [-0.39, 0.29) is 0 Å². The van der Waals surface area contributed by atoms with Crippen molar-refractivity contribution >= 4 is 22.9 Å². The highest BCUT2D eigenvalue weighted by atomic mass is 35.5. The Bertz CT molecular complexity index is 542. The van der Waals surface area contributed by atoms with Crippen molar-refractivity contribution in [3.63, 3.8) is 0 Å². The van der Waals surface area contributed by atoms with Gasteiger partial charge < -0.3 is 5.32 Å². The van der Waals surface area contributed by atoms with E-state index in [1.807, 2.05) is 6.07 Å². The fourth-order valence-electron chi connectivity index (χ4n) is 2.53. The highest BCUT2D eigenvalue weighted by Gasteiger charge is 2.14. The minimum atomic E-state index is 0.355. The van der Waals surface area contributed by atoms with Crippen LogP contribution in [0.1, 0.15) is 41.0 Å². The lowest BCUT2D eigenvalue weighted by molar-refractivity contribution is 0.536. The van der Waals surface area contributed by atoms with Crippen molar-refractivity contribution in [2.45, 2.75) is 39.7 Å². The molecule has 0 aliphatic carbocycles. The molecule has 0 aliphatic heterocycles. The summed E-state index contributed by atoms with van der Waals surface area (Å²) >= 11 is 7.76. The van der Waals surface area contributed by atoms with E-state index in [0.29, 0.717) is 6.04 Å². The standard InChI is InChI=1S/C17H22ClNS/c1-4-7-19-15(16-5-6-17(18)20-16)11-14-9-12(2)8-13(3)10-14/h5-6,8-10,15,19H,4,7,11H2,1-3H3. The first-order valence-electron chi connectivity index (χ1n) is 7.14. The summed E-state index contributed by atoms with van der Waals surface area (Å²) in [5.74, 6) is 0.